The number of benzene rings is 1. The molecule has 8 rings (SSSR count). The first-order valence-electron chi connectivity index (χ1n) is 16.7. The minimum Gasteiger partial charge on any atom is -0.508 e. The average Bonchev–Trinajstić information content (AvgIpc) is 3.65. The lowest BCUT2D eigenvalue weighted by Crippen LogP contribution is -2.75. The fourth-order valence-corrected chi connectivity index (χ4v) is 11.3. The number of cyclic esters (lactones) is 1. The third-order valence-electron chi connectivity index (χ3n) is 12.8. The highest BCUT2D eigenvalue weighted by molar-refractivity contribution is 5.99. The molecule has 0 radical (unpaired) electrons. The van der Waals surface area contributed by atoms with Crippen LogP contribution in [0.2, 0.25) is 0 Å². The zero-order valence-corrected chi connectivity index (χ0v) is 25.1. The lowest BCUT2D eigenvalue weighted by atomic mass is 9.31. The van der Waals surface area contributed by atoms with E-state index >= 15 is 0 Å². The molecular weight excluding hydrogens is 538 g/mol. The van der Waals surface area contributed by atoms with Gasteiger partial charge in [-0.15, -0.1) is 0 Å². The summed E-state index contributed by atoms with van der Waals surface area (Å²) in [5.41, 5.74) is 5.34. The van der Waals surface area contributed by atoms with Crippen LogP contribution in [0.15, 0.2) is 66.2 Å². The predicted octanol–water partition coefficient (Wildman–Crippen LogP) is 6.96. The Kier molecular flexibility index (Phi) is 6.02. The number of aryl methyl sites for hydroxylation is 1. The van der Waals surface area contributed by atoms with Gasteiger partial charge in [0, 0.05) is 17.4 Å². The zero-order chi connectivity index (χ0) is 29.6. The van der Waals surface area contributed by atoms with Crippen LogP contribution in [0.3, 0.4) is 0 Å². The van der Waals surface area contributed by atoms with Crippen LogP contribution in [0.1, 0.15) is 92.6 Å². The normalized spacial score (nSPS) is 42.5. The topological polar surface area (TPSA) is 98.9 Å². The lowest BCUT2D eigenvalue weighted by molar-refractivity contribution is -0.271. The summed E-state index contributed by atoms with van der Waals surface area (Å²) in [7, 11) is 0. The van der Waals surface area contributed by atoms with Crippen LogP contribution < -0.4 is 5.73 Å². The second-order valence-corrected chi connectivity index (χ2v) is 14.2. The molecule has 6 nitrogen and oxygen atoms in total. The lowest BCUT2D eigenvalue weighted by Gasteiger charge is -2.68. The number of hydrogen-bond acceptors (Lipinski definition) is 6. The van der Waals surface area contributed by atoms with Crippen molar-refractivity contribution in [2.24, 2.45) is 45.7 Å². The van der Waals surface area contributed by atoms with Gasteiger partial charge in [0.25, 0.3) is 0 Å². The van der Waals surface area contributed by atoms with Gasteiger partial charge in [-0.05, 0) is 93.6 Å². The molecular formula is C37H43NO5. The van der Waals surface area contributed by atoms with Gasteiger partial charge in [0.2, 0.25) is 0 Å². The van der Waals surface area contributed by atoms with E-state index in [1.165, 1.54) is 12.8 Å². The van der Waals surface area contributed by atoms with Crippen LogP contribution in [0.25, 0.3) is 0 Å². The molecule has 0 aromatic heterocycles. The molecule has 0 amide bonds. The first-order valence-corrected chi connectivity index (χ1v) is 16.7. The highest BCUT2D eigenvalue weighted by Gasteiger charge is 2.91. The van der Waals surface area contributed by atoms with E-state index in [1.807, 2.05) is 24.3 Å². The van der Waals surface area contributed by atoms with Gasteiger partial charge >= 0.3 is 11.9 Å². The first-order chi connectivity index (χ1) is 20.9. The highest BCUT2D eigenvalue weighted by Crippen LogP contribution is 2.84. The number of carbonyl (C=O) groups is 2. The molecule has 3 saturated carbocycles. The molecule has 1 saturated heterocycles. The SMILES string of the molecule is CCCC1C23C=CCCC2(C(=C(O)C2CCC4CCC5C=CC=CC54C2)OC3=O)C12OC(=O)c1c(CCCN)cccc12. The number of ether oxygens (including phenoxy) is 2. The van der Waals surface area contributed by atoms with Gasteiger partial charge in [0.05, 0.1) is 11.0 Å². The van der Waals surface area contributed by atoms with Crippen LogP contribution in [0.4, 0.5) is 0 Å². The molecule has 7 aliphatic rings. The standard InChI is InChI=1S/C37H43NO5/c1-2-9-28-35-19-5-6-20-36(35,37(28)27-13-7-10-23(11-8-21-38)29(27)32(40)43-37)31(42-33(35)41)30(39)24-14-15-26-17-16-25-12-3-4-18-34(25,26)22-24/h3-5,7,10,12-13,18-19,24-26,28,39H,2,6,8-9,11,14-17,20-22,38H2,1H3. The van der Waals surface area contributed by atoms with E-state index in [4.69, 9.17) is 15.2 Å². The average molecular weight is 582 g/mol. The number of aliphatic hydroxyl groups excluding tert-OH is 1. The third-order valence-corrected chi connectivity index (χ3v) is 12.8. The molecule has 2 heterocycles. The van der Waals surface area contributed by atoms with Gasteiger partial charge in [0.15, 0.2) is 11.4 Å². The summed E-state index contributed by atoms with van der Waals surface area (Å²) in [4.78, 5) is 28.1. The Morgan fingerprint density at radius 2 is 1.98 bits per heavy atom. The van der Waals surface area contributed by atoms with E-state index < -0.39 is 16.4 Å². The highest BCUT2D eigenvalue weighted by atomic mass is 16.6. The summed E-state index contributed by atoms with van der Waals surface area (Å²) < 4.78 is 13.0. The summed E-state index contributed by atoms with van der Waals surface area (Å²) >= 11 is 0. The van der Waals surface area contributed by atoms with Crippen molar-refractivity contribution < 1.29 is 24.2 Å². The van der Waals surface area contributed by atoms with E-state index in [-0.39, 0.29) is 34.9 Å². The molecule has 6 heteroatoms. The largest absolute Gasteiger partial charge is 0.508 e. The Morgan fingerprint density at radius 3 is 2.81 bits per heavy atom. The van der Waals surface area contributed by atoms with E-state index in [9.17, 15) is 14.7 Å². The summed E-state index contributed by atoms with van der Waals surface area (Å²) in [6.07, 6.45) is 22.7. The molecule has 1 aromatic carbocycles. The molecule has 0 bridgehead atoms. The van der Waals surface area contributed by atoms with Crippen LogP contribution in [0, 0.1) is 39.9 Å². The molecule has 3 N–H and O–H groups in total. The molecule has 1 aromatic rings. The van der Waals surface area contributed by atoms with Crippen molar-refractivity contribution in [1.82, 2.24) is 0 Å². The molecule has 43 heavy (non-hydrogen) atoms. The number of rotatable bonds is 6. The van der Waals surface area contributed by atoms with Crippen LogP contribution in [0.5, 0.6) is 0 Å². The summed E-state index contributed by atoms with van der Waals surface area (Å²) in [6, 6.07) is 6.04. The van der Waals surface area contributed by atoms with Crippen LogP contribution >= 0.6 is 0 Å². The minimum atomic E-state index is -1.06. The Bertz CT molecular complexity index is 1520. The Balaban J connectivity index is 1.31. The van der Waals surface area contributed by atoms with Crippen molar-refractivity contribution >= 4 is 11.9 Å². The molecule has 8 atom stereocenters. The number of allylic oxidation sites excluding steroid dienone is 6. The van der Waals surface area contributed by atoms with E-state index in [0.717, 1.165) is 49.7 Å². The van der Waals surface area contributed by atoms with Crippen LogP contribution in [-0.2, 0) is 26.3 Å². The quantitative estimate of drug-likeness (QED) is 0.214. The fourth-order valence-electron chi connectivity index (χ4n) is 11.3. The number of carbonyl (C=O) groups excluding carboxylic acids is 2. The van der Waals surface area contributed by atoms with Gasteiger partial charge < -0.3 is 20.3 Å². The van der Waals surface area contributed by atoms with Gasteiger partial charge in [-0.2, -0.15) is 0 Å². The molecule has 5 aliphatic carbocycles. The second kappa shape index (κ2) is 9.44. The third kappa shape index (κ3) is 3.09. The Morgan fingerprint density at radius 1 is 1.12 bits per heavy atom. The summed E-state index contributed by atoms with van der Waals surface area (Å²) in [5, 5.41) is 12.4. The maximum Gasteiger partial charge on any atom is 0.339 e. The van der Waals surface area contributed by atoms with Crippen molar-refractivity contribution in [3.63, 3.8) is 0 Å². The monoisotopic (exact) mass is 581 g/mol. The summed E-state index contributed by atoms with van der Waals surface area (Å²) in [6.45, 7) is 2.65. The second-order valence-electron chi connectivity index (χ2n) is 14.2. The molecule has 2 spiro atoms. The van der Waals surface area contributed by atoms with Crippen molar-refractivity contribution in [1.29, 1.82) is 0 Å². The van der Waals surface area contributed by atoms with Crippen molar-refractivity contribution in [2.45, 2.75) is 83.2 Å². The van der Waals surface area contributed by atoms with Gasteiger partial charge in [0.1, 0.15) is 11.2 Å². The van der Waals surface area contributed by atoms with Gasteiger partial charge in [-0.25, -0.2) is 4.79 Å². The number of hydrogen-bond donors (Lipinski definition) is 2. The smallest absolute Gasteiger partial charge is 0.339 e. The fraction of sp³-hybridized carbons (Fsp3) is 0.568. The Labute approximate surface area is 254 Å². The van der Waals surface area contributed by atoms with Crippen molar-refractivity contribution in [3.05, 3.63) is 82.9 Å². The number of esters is 2. The maximum absolute atomic E-state index is 14.2. The molecule has 4 fully saturated rings. The number of aliphatic hydroxyl groups is 1. The summed E-state index contributed by atoms with van der Waals surface area (Å²) in [5.74, 6) is 0.693. The number of fused-ring (bicyclic) bond motifs is 2. The van der Waals surface area contributed by atoms with Gasteiger partial charge in [-0.1, -0.05) is 68.0 Å². The minimum absolute atomic E-state index is 0.0441. The van der Waals surface area contributed by atoms with E-state index in [0.29, 0.717) is 49.0 Å². The number of nitrogens with two attached hydrogens (primary N) is 1. The first kappa shape index (κ1) is 27.4. The van der Waals surface area contributed by atoms with Crippen molar-refractivity contribution in [3.8, 4) is 0 Å². The Hall–Kier alpha value is -3.12. The van der Waals surface area contributed by atoms with Crippen molar-refractivity contribution in [2.75, 3.05) is 6.54 Å². The molecule has 2 aliphatic heterocycles. The maximum atomic E-state index is 14.2. The zero-order valence-electron chi connectivity index (χ0n) is 25.1. The molecule has 226 valence electrons. The predicted molar refractivity (Wildman–Crippen MR) is 163 cm³/mol. The molecule has 8 unspecified atom stereocenters. The van der Waals surface area contributed by atoms with Gasteiger partial charge in [-0.3, -0.25) is 4.79 Å². The van der Waals surface area contributed by atoms with E-state index in [2.05, 4.69) is 37.3 Å². The van der Waals surface area contributed by atoms with Crippen LogP contribution in [-0.4, -0.2) is 23.6 Å². The van der Waals surface area contributed by atoms with E-state index in [1.54, 1.807) is 0 Å².